The number of ether oxygens (including phenoxy) is 1. The van der Waals surface area contributed by atoms with E-state index in [-0.39, 0.29) is 23.0 Å². The molecule has 6 heterocycles. The largest absolute Gasteiger partial charge is 0.456 e. The van der Waals surface area contributed by atoms with Crippen LogP contribution in [-0.2, 0) is 11.2 Å². The summed E-state index contributed by atoms with van der Waals surface area (Å²) in [6, 6.07) is 3.29. The van der Waals surface area contributed by atoms with Crippen molar-refractivity contribution in [1.29, 1.82) is 0 Å². The van der Waals surface area contributed by atoms with Gasteiger partial charge in [0.2, 0.25) is 17.0 Å². The quantitative estimate of drug-likeness (QED) is 0.261. The Labute approximate surface area is 219 Å². The minimum Gasteiger partial charge on any atom is -0.456 e. The molecule has 0 aromatic carbocycles. The number of anilines is 2. The van der Waals surface area contributed by atoms with Gasteiger partial charge in [-0.3, -0.25) is 14.0 Å². The highest BCUT2D eigenvalue weighted by molar-refractivity contribution is 7.06. The standard InChI is InChI=1S/C24H24N8O5S/c25-1-2-28-24-29-16(19(22(26)34)23-27-3-4-32(23)24)10-13-9-15(30-38-13)14-12-36-21-17(33)11-18(37-20(14)21)31-5-7-35-8-6-31/h3-4,9,11-12H,1-2,5-8,10,25H2,(H2,26,34)(H,28,29). The molecule has 0 spiro atoms. The number of fused-ring (bicyclic) bond motifs is 2. The molecule has 0 unspecified atom stereocenters. The number of morpholine rings is 1. The molecule has 14 heteroatoms. The van der Waals surface area contributed by atoms with Gasteiger partial charge in [-0.15, -0.1) is 0 Å². The van der Waals surface area contributed by atoms with Crippen molar-refractivity contribution < 1.29 is 18.4 Å². The van der Waals surface area contributed by atoms with Crippen LogP contribution in [-0.4, -0.2) is 64.0 Å². The summed E-state index contributed by atoms with van der Waals surface area (Å²) in [6.45, 7) is 3.27. The van der Waals surface area contributed by atoms with Crippen LogP contribution in [0.5, 0.6) is 0 Å². The highest BCUT2D eigenvalue weighted by Crippen LogP contribution is 2.33. The van der Waals surface area contributed by atoms with Gasteiger partial charge in [0.15, 0.2) is 17.1 Å². The zero-order valence-corrected chi connectivity index (χ0v) is 21.0. The van der Waals surface area contributed by atoms with Gasteiger partial charge in [-0.1, -0.05) is 0 Å². The zero-order valence-electron chi connectivity index (χ0n) is 20.2. The van der Waals surface area contributed by atoms with Gasteiger partial charge in [0, 0.05) is 49.9 Å². The Morgan fingerprint density at radius 2 is 2.05 bits per heavy atom. The number of rotatable bonds is 8. The maximum atomic E-state index is 12.7. The molecule has 5 aromatic rings. The number of nitrogens with zero attached hydrogens (tertiary/aromatic N) is 5. The van der Waals surface area contributed by atoms with Gasteiger partial charge in [-0.2, -0.15) is 4.37 Å². The summed E-state index contributed by atoms with van der Waals surface area (Å²) in [7, 11) is 0. The van der Waals surface area contributed by atoms with Crippen LogP contribution in [0.3, 0.4) is 0 Å². The third-order valence-corrected chi connectivity index (χ3v) is 7.01. The molecule has 0 radical (unpaired) electrons. The number of aromatic nitrogens is 4. The molecular weight excluding hydrogens is 512 g/mol. The van der Waals surface area contributed by atoms with Gasteiger partial charge in [0.05, 0.1) is 36.2 Å². The molecule has 0 atom stereocenters. The van der Waals surface area contributed by atoms with Crippen LogP contribution < -0.4 is 27.1 Å². The molecule has 0 aliphatic carbocycles. The first-order chi connectivity index (χ1) is 18.5. The first-order valence-electron chi connectivity index (χ1n) is 12.0. The lowest BCUT2D eigenvalue weighted by Crippen LogP contribution is -2.36. The van der Waals surface area contributed by atoms with Gasteiger partial charge in [-0.25, -0.2) is 9.97 Å². The minimum atomic E-state index is -0.628. The lowest BCUT2D eigenvalue weighted by atomic mass is 10.1. The Morgan fingerprint density at radius 3 is 2.84 bits per heavy atom. The number of nitrogens with two attached hydrogens (primary N) is 2. The van der Waals surface area contributed by atoms with E-state index >= 15 is 0 Å². The first-order valence-corrected chi connectivity index (χ1v) is 12.7. The summed E-state index contributed by atoms with van der Waals surface area (Å²) in [4.78, 5) is 36.9. The minimum absolute atomic E-state index is 0.129. The molecule has 0 saturated carbocycles. The molecule has 38 heavy (non-hydrogen) atoms. The third kappa shape index (κ3) is 4.27. The SMILES string of the molecule is NCCNc1nc(Cc2cc(-c3coc4c(=O)cc(N5CCOCC5)oc34)ns2)c(C(N)=O)c2nccn12. The van der Waals surface area contributed by atoms with Crippen LogP contribution in [0, 0.1) is 0 Å². The molecule has 5 N–H and O–H groups in total. The molecule has 1 aliphatic rings. The first kappa shape index (κ1) is 24.1. The van der Waals surface area contributed by atoms with E-state index < -0.39 is 5.91 Å². The molecular formula is C24H24N8O5S. The normalized spacial score (nSPS) is 14.0. The van der Waals surface area contributed by atoms with Crippen LogP contribution in [0.25, 0.3) is 28.1 Å². The van der Waals surface area contributed by atoms with Gasteiger partial charge in [0.25, 0.3) is 5.91 Å². The van der Waals surface area contributed by atoms with E-state index in [0.29, 0.717) is 79.4 Å². The average molecular weight is 537 g/mol. The van der Waals surface area contributed by atoms with E-state index in [9.17, 15) is 9.59 Å². The second-order valence-corrected chi connectivity index (χ2v) is 9.56. The number of carbonyl (C=O) groups excluding carboxylic acids is 1. The van der Waals surface area contributed by atoms with Crippen molar-refractivity contribution in [3.8, 4) is 11.3 Å². The monoisotopic (exact) mass is 536 g/mol. The summed E-state index contributed by atoms with van der Waals surface area (Å²) in [5.41, 5.74) is 13.8. The summed E-state index contributed by atoms with van der Waals surface area (Å²) in [5.74, 6) is 0.340. The predicted octanol–water partition coefficient (Wildman–Crippen LogP) is 1.45. The number of amides is 1. The van der Waals surface area contributed by atoms with Gasteiger partial charge >= 0.3 is 0 Å². The number of primary amides is 1. The van der Waals surface area contributed by atoms with E-state index in [1.807, 2.05) is 11.0 Å². The highest BCUT2D eigenvalue weighted by Gasteiger charge is 2.23. The second kappa shape index (κ2) is 9.89. The molecule has 5 aromatic heterocycles. The Bertz CT molecular complexity index is 1700. The van der Waals surface area contributed by atoms with Crippen molar-refractivity contribution in [3.05, 3.63) is 57.1 Å². The summed E-state index contributed by atoms with van der Waals surface area (Å²) >= 11 is 1.24. The number of furan rings is 1. The van der Waals surface area contributed by atoms with Crippen LogP contribution in [0.1, 0.15) is 20.9 Å². The zero-order chi connectivity index (χ0) is 26.2. The number of imidazole rings is 1. The van der Waals surface area contributed by atoms with Crippen molar-refractivity contribution >= 4 is 46.1 Å². The average Bonchev–Trinajstić information content (AvgIpc) is 3.67. The summed E-state index contributed by atoms with van der Waals surface area (Å²) < 4.78 is 23.3. The molecule has 1 fully saturated rings. The number of hydrogen-bond acceptors (Lipinski definition) is 12. The molecule has 0 bridgehead atoms. The summed E-state index contributed by atoms with van der Waals surface area (Å²) in [5, 5.41) is 3.16. The maximum Gasteiger partial charge on any atom is 0.254 e. The van der Waals surface area contributed by atoms with E-state index in [0.717, 1.165) is 4.88 Å². The number of carbonyl (C=O) groups is 1. The molecule has 6 rings (SSSR count). The Hall–Kier alpha value is -4.27. The smallest absolute Gasteiger partial charge is 0.254 e. The van der Waals surface area contributed by atoms with Crippen molar-refractivity contribution in [2.24, 2.45) is 11.5 Å². The van der Waals surface area contributed by atoms with Crippen molar-refractivity contribution in [2.75, 3.05) is 49.6 Å². The maximum absolute atomic E-state index is 12.7. The Balaban J connectivity index is 1.36. The lowest BCUT2D eigenvalue weighted by molar-refractivity contribution is 0.1000. The predicted molar refractivity (Wildman–Crippen MR) is 141 cm³/mol. The van der Waals surface area contributed by atoms with Crippen LogP contribution in [0.4, 0.5) is 11.8 Å². The fourth-order valence-corrected chi connectivity index (χ4v) is 5.18. The number of hydrogen-bond donors (Lipinski definition) is 3. The van der Waals surface area contributed by atoms with Gasteiger partial charge < -0.3 is 35.3 Å². The number of nitrogens with one attached hydrogen (secondary N) is 1. The van der Waals surface area contributed by atoms with Crippen LogP contribution in [0.2, 0.25) is 0 Å². The molecule has 1 saturated heterocycles. The Morgan fingerprint density at radius 1 is 1.21 bits per heavy atom. The molecule has 1 aliphatic heterocycles. The molecule has 1 amide bonds. The van der Waals surface area contributed by atoms with E-state index in [1.54, 1.807) is 16.8 Å². The Kier molecular flexibility index (Phi) is 6.27. The second-order valence-electron chi connectivity index (χ2n) is 8.67. The van der Waals surface area contributed by atoms with E-state index in [2.05, 4.69) is 19.7 Å². The van der Waals surface area contributed by atoms with Crippen LogP contribution >= 0.6 is 11.5 Å². The van der Waals surface area contributed by atoms with Crippen molar-refractivity contribution in [3.63, 3.8) is 0 Å². The fourth-order valence-electron chi connectivity index (χ4n) is 4.45. The highest BCUT2D eigenvalue weighted by atomic mass is 32.1. The molecule has 196 valence electrons. The fraction of sp³-hybridized carbons (Fsp3) is 0.292. The van der Waals surface area contributed by atoms with Crippen molar-refractivity contribution in [1.82, 2.24) is 18.7 Å². The lowest BCUT2D eigenvalue weighted by Gasteiger charge is -2.26. The van der Waals surface area contributed by atoms with Gasteiger partial charge in [0.1, 0.15) is 11.8 Å². The van der Waals surface area contributed by atoms with Crippen molar-refractivity contribution in [2.45, 2.75) is 6.42 Å². The topological polar surface area (TPSA) is 180 Å². The van der Waals surface area contributed by atoms with E-state index in [1.165, 1.54) is 23.9 Å². The third-order valence-electron chi connectivity index (χ3n) is 6.23. The molecule has 13 nitrogen and oxygen atoms in total. The van der Waals surface area contributed by atoms with Crippen LogP contribution in [0.15, 0.2) is 44.4 Å². The van der Waals surface area contributed by atoms with Gasteiger partial charge in [-0.05, 0) is 17.6 Å². The van der Waals surface area contributed by atoms with E-state index in [4.69, 9.17) is 25.0 Å². The summed E-state index contributed by atoms with van der Waals surface area (Å²) in [6.07, 6.45) is 5.03.